The summed E-state index contributed by atoms with van der Waals surface area (Å²) in [6.45, 7) is 1.57. The Morgan fingerprint density at radius 1 is 1.47 bits per heavy atom. The van der Waals surface area contributed by atoms with Gasteiger partial charge in [-0.2, -0.15) is 5.10 Å². The molecule has 1 aromatic heterocycles. The molecule has 1 N–H and O–H groups in total. The zero-order valence-electron chi connectivity index (χ0n) is 11.1. The van der Waals surface area contributed by atoms with E-state index >= 15 is 0 Å². The normalized spacial score (nSPS) is 20.2. The number of hydrogen-bond acceptors (Lipinski definition) is 5. The lowest BCUT2D eigenvalue weighted by Crippen LogP contribution is -2.40. The van der Waals surface area contributed by atoms with E-state index in [1.165, 1.54) is 0 Å². The van der Waals surface area contributed by atoms with Crippen molar-refractivity contribution in [3.05, 3.63) is 17.8 Å². The maximum absolute atomic E-state index is 10.9. The first-order chi connectivity index (χ1) is 9.19. The maximum atomic E-state index is 10.9. The molecule has 1 aromatic rings. The van der Waals surface area contributed by atoms with Crippen LogP contribution < -0.4 is 4.74 Å². The standard InChI is InChI=1S/C13H19N3O3/c1-19-12-6-5-10(14-15-12)9-16-7-3-2-4-11(16)8-13(17)18/h5-6,11H,2-4,7-9H2,1H3,(H,17,18). The molecule has 1 unspecified atom stereocenters. The molecule has 0 bridgehead atoms. The molecule has 2 heterocycles. The van der Waals surface area contributed by atoms with Crippen LogP contribution in [0.5, 0.6) is 5.88 Å². The first-order valence-corrected chi connectivity index (χ1v) is 6.51. The highest BCUT2D eigenvalue weighted by atomic mass is 16.5. The minimum absolute atomic E-state index is 0.107. The number of methoxy groups -OCH3 is 1. The van der Waals surface area contributed by atoms with Gasteiger partial charge in [-0.15, -0.1) is 5.10 Å². The van der Waals surface area contributed by atoms with E-state index in [0.717, 1.165) is 31.5 Å². The Morgan fingerprint density at radius 2 is 2.32 bits per heavy atom. The van der Waals surface area contributed by atoms with E-state index in [1.54, 1.807) is 13.2 Å². The largest absolute Gasteiger partial charge is 0.481 e. The van der Waals surface area contributed by atoms with Crippen LogP contribution in [-0.2, 0) is 11.3 Å². The van der Waals surface area contributed by atoms with Crippen molar-refractivity contribution in [1.82, 2.24) is 15.1 Å². The molecule has 6 heteroatoms. The van der Waals surface area contributed by atoms with Crippen molar-refractivity contribution in [3.8, 4) is 5.88 Å². The molecule has 1 aliphatic heterocycles. The number of nitrogens with zero attached hydrogens (tertiary/aromatic N) is 3. The first kappa shape index (κ1) is 13.7. The number of aromatic nitrogens is 2. The second kappa shape index (κ2) is 6.47. The third kappa shape index (κ3) is 3.89. The fraction of sp³-hybridized carbons (Fsp3) is 0.615. The fourth-order valence-electron chi connectivity index (χ4n) is 2.45. The molecule has 19 heavy (non-hydrogen) atoms. The van der Waals surface area contributed by atoms with Gasteiger partial charge in [0.05, 0.1) is 19.2 Å². The monoisotopic (exact) mass is 265 g/mol. The maximum Gasteiger partial charge on any atom is 0.304 e. The van der Waals surface area contributed by atoms with Crippen LogP contribution in [0.3, 0.4) is 0 Å². The smallest absolute Gasteiger partial charge is 0.304 e. The van der Waals surface area contributed by atoms with Crippen LogP contribution in [0.15, 0.2) is 12.1 Å². The Balaban J connectivity index is 1.99. The average molecular weight is 265 g/mol. The number of ether oxygens (including phenoxy) is 1. The molecule has 2 rings (SSSR count). The van der Waals surface area contributed by atoms with Gasteiger partial charge >= 0.3 is 5.97 Å². The molecule has 0 aliphatic carbocycles. The summed E-state index contributed by atoms with van der Waals surface area (Å²) in [7, 11) is 1.55. The predicted molar refractivity (Wildman–Crippen MR) is 68.9 cm³/mol. The topological polar surface area (TPSA) is 75.5 Å². The van der Waals surface area contributed by atoms with E-state index < -0.39 is 5.97 Å². The number of piperidine rings is 1. The molecule has 0 aromatic carbocycles. The quantitative estimate of drug-likeness (QED) is 0.865. The minimum Gasteiger partial charge on any atom is -0.481 e. The minimum atomic E-state index is -0.738. The van der Waals surface area contributed by atoms with E-state index in [0.29, 0.717) is 12.4 Å². The van der Waals surface area contributed by atoms with E-state index in [9.17, 15) is 4.79 Å². The van der Waals surface area contributed by atoms with Gasteiger partial charge in [0.25, 0.3) is 0 Å². The lowest BCUT2D eigenvalue weighted by atomic mass is 9.99. The van der Waals surface area contributed by atoms with Crippen molar-refractivity contribution < 1.29 is 14.6 Å². The van der Waals surface area contributed by atoms with Gasteiger partial charge in [-0.05, 0) is 25.5 Å². The number of carboxylic acid groups (broad SMARTS) is 1. The van der Waals surface area contributed by atoms with Gasteiger partial charge in [-0.25, -0.2) is 0 Å². The third-order valence-corrected chi connectivity index (χ3v) is 3.43. The van der Waals surface area contributed by atoms with E-state index in [4.69, 9.17) is 9.84 Å². The summed E-state index contributed by atoms with van der Waals surface area (Å²) in [5.74, 6) is -0.248. The number of carbonyl (C=O) groups is 1. The SMILES string of the molecule is COc1ccc(CN2CCCCC2CC(=O)O)nn1. The molecule has 0 saturated carbocycles. The zero-order chi connectivity index (χ0) is 13.7. The average Bonchev–Trinajstić information content (AvgIpc) is 2.41. The summed E-state index contributed by atoms with van der Waals surface area (Å²) in [5.41, 5.74) is 0.845. The van der Waals surface area contributed by atoms with Gasteiger partial charge in [-0.1, -0.05) is 6.42 Å². The summed E-state index contributed by atoms with van der Waals surface area (Å²) in [6, 6.07) is 3.76. The molecule has 0 radical (unpaired) electrons. The van der Waals surface area contributed by atoms with Gasteiger partial charge in [-0.3, -0.25) is 9.69 Å². The highest BCUT2D eigenvalue weighted by Gasteiger charge is 2.24. The van der Waals surface area contributed by atoms with Crippen LogP contribution in [0.1, 0.15) is 31.4 Å². The van der Waals surface area contributed by atoms with Gasteiger partial charge in [0, 0.05) is 18.7 Å². The van der Waals surface area contributed by atoms with Crippen LogP contribution in [0.25, 0.3) is 0 Å². The fourth-order valence-corrected chi connectivity index (χ4v) is 2.45. The second-order valence-electron chi connectivity index (χ2n) is 4.78. The van der Waals surface area contributed by atoms with Gasteiger partial charge in [0.2, 0.25) is 5.88 Å². The number of aliphatic carboxylic acids is 1. The van der Waals surface area contributed by atoms with E-state index in [2.05, 4.69) is 15.1 Å². The van der Waals surface area contributed by atoms with Gasteiger partial charge in [0.15, 0.2) is 0 Å². The van der Waals surface area contributed by atoms with Gasteiger partial charge < -0.3 is 9.84 Å². The Kier molecular flexibility index (Phi) is 4.68. The Hall–Kier alpha value is -1.69. The number of carboxylic acids is 1. The Labute approximate surface area is 112 Å². The molecular formula is C13H19N3O3. The summed E-state index contributed by atoms with van der Waals surface area (Å²) >= 11 is 0. The van der Waals surface area contributed by atoms with Crippen LogP contribution in [0, 0.1) is 0 Å². The number of rotatable bonds is 5. The van der Waals surface area contributed by atoms with Crippen molar-refractivity contribution in [2.45, 2.75) is 38.3 Å². The molecule has 1 fully saturated rings. The molecule has 104 valence electrons. The molecular weight excluding hydrogens is 246 g/mol. The van der Waals surface area contributed by atoms with Crippen molar-refractivity contribution in [1.29, 1.82) is 0 Å². The molecule has 1 aliphatic rings. The Bertz CT molecular complexity index is 422. The summed E-state index contributed by atoms with van der Waals surface area (Å²) in [5, 5.41) is 17.0. The van der Waals surface area contributed by atoms with E-state index in [-0.39, 0.29) is 12.5 Å². The van der Waals surface area contributed by atoms with Crippen LogP contribution >= 0.6 is 0 Å². The molecule has 6 nitrogen and oxygen atoms in total. The number of likely N-dealkylation sites (tertiary alicyclic amines) is 1. The van der Waals surface area contributed by atoms with Crippen molar-refractivity contribution >= 4 is 5.97 Å². The van der Waals surface area contributed by atoms with Crippen LogP contribution in [0.2, 0.25) is 0 Å². The predicted octanol–water partition coefficient (Wildman–Crippen LogP) is 1.31. The Morgan fingerprint density at radius 3 is 2.95 bits per heavy atom. The first-order valence-electron chi connectivity index (χ1n) is 6.51. The number of hydrogen-bond donors (Lipinski definition) is 1. The lowest BCUT2D eigenvalue weighted by Gasteiger charge is -2.34. The third-order valence-electron chi connectivity index (χ3n) is 3.43. The zero-order valence-corrected chi connectivity index (χ0v) is 11.1. The van der Waals surface area contributed by atoms with Crippen molar-refractivity contribution in [2.24, 2.45) is 0 Å². The summed E-state index contributed by atoms with van der Waals surface area (Å²) < 4.78 is 4.97. The molecule has 1 saturated heterocycles. The molecule has 1 atom stereocenters. The van der Waals surface area contributed by atoms with Crippen molar-refractivity contribution in [3.63, 3.8) is 0 Å². The molecule has 0 spiro atoms. The highest BCUT2D eigenvalue weighted by Crippen LogP contribution is 2.21. The van der Waals surface area contributed by atoms with Crippen LogP contribution in [0.4, 0.5) is 0 Å². The van der Waals surface area contributed by atoms with Crippen LogP contribution in [-0.4, -0.2) is 45.9 Å². The van der Waals surface area contributed by atoms with Gasteiger partial charge in [0.1, 0.15) is 0 Å². The summed E-state index contributed by atoms with van der Waals surface area (Å²) in [4.78, 5) is 13.1. The highest BCUT2D eigenvalue weighted by molar-refractivity contribution is 5.67. The van der Waals surface area contributed by atoms with E-state index in [1.807, 2.05) is 6.07 Å². The summed E-state index contributed by atoms with van der Waals surface area (Å²) in [6.07, 6.45) is 3.35. The second-order valence-corrected chi connectivity index (χ2v) is 4.78. The van der Waals surface area contributed by atoms with Crippen molar-refractivity contribution in [2.75, 3.05) is 13.7 Å². The molecule has 0 amide bonds. The lowest BCUT2D eigenvalue weighted by molar-refractivity contribution is -0.138.